The van der Waals surface area contributed by atoms with Gasteiger partial charge in [-0.2, -0.15) is 0 Å². The minimum Gasteiger partial charge on any atom is -0.459 e. The molecule has 1 aliphatic rings. The van der Waals surface area contributed by atoms with Crippen LogP contribution in [0.5, 0.6) is 0 Å². The fraction of sp³-hybridized carbons (Fsp3) is 0.556. The van der Waals surface area contributed by atoms with Crippen LogP contribution in [0.3, 0.4) is 0 Å². The summed E-state index contributed by atoms with van der Waals surface area (Å²) in [5.74, 6) is 1.10. The number of nitrogens with zero attached hydrogens (tertiary/aromatic N) is 1. The molecule has 0 spiro atoms. The molecule has 1 fully saturated rings. The fourth-order valence-corrected chi connectivity index (χ4v) is 2.98. The number of nitrogens with one attached hydrogen (secondary N) is 1. The van der Waals surface area contributed by atoms with Crippen LogP contribution in [0.4, 0.5) is 0 Å². The second kappa shape index (κ2) is 5.82. The van der Waals surface area contributed by atoms with Crippen molar-refractivity contribution >= 4 is 11.0 Å². The number of fused-ring (bicyclic) bond motifs is 1. The van der Waals surface area contributed by atoms with Gasteiger partial charge in [-0.05, 0) is 52.8 Å². The minimum atomic E-state index is 0.101. The van der Waals surface area contributed by atoms with Gasteiger partial charge >= 0.3 is 0 Å². The van der Waals surface area contributed by atoms with Gasteiger partial charge in [-0.3, -0.25) is 4.90 Å². The van der Waals surface area contributed by atoms with Crippen LogP contribution in [0, 0.1) is 0 Å². The van der Waals surface area contributed by atoms with Crippen molar-refractivity contribution in [2.24, 2.45) is 0 Å². The predicted molar refractivity (Wildman–Crippen MR) is 87.3 cm³/mol. The Labute approximate surface area is 127 Å². The van der Waals surface area contributed by atoms with Gasteiger partial charge in [0.15, 0.2) is 0 Å². The number of para-hydroxylation sites is 1. The number of hydrogen-bond donors (Lipinski definition) is 1. The van der Waals surface area contributed by atoms with E-state index in [-0.39, 0.29) is 5.54 Å². The summed E-state index contributed by atoms with van der Waals surface area (Å²) in [6.45, 7) is 10.8. The molecular formula is C18H26N2O. The summed E-state index contributed by atoms with van der Waals surface area (Å²) in [6.07, 6.45) is 2.65. The van der Waals surface area contributed by atoms with E-state index < -0.39 is 0 Å². The fourth-order valence-electron chi connectivity index (χ4n) is 2.98. The van der Waals surface area contributed by atoms with Crippen molar-refractivity contribution in [2.75, 3.05) is 13.1 Å². The zero-order valence-corrected chi connectivity index (χ0v) is 13.4. The van der Waals surface area contributed by atoms with Crippen molar-refractivity contribution < 1.29 is 4.42 Å². The quantitative estimate of drug-likeness (QED) is 0.923. The Morgan fingerprint density at radius 3 is 2.57 bits per heavy atom. The van der Waals surface area contributed by atoms with Crippen LogP contribution in [0.25, 0.3) is 11.0 Å². The van der Waals surface area contributed by atoms with E-state index in [0.717, 1.165) is 24.4 Å². The van der Waals surface area contributed by atoms with Crippen LogP contribution in [-0.4, -0.2) is 23.5 Å². The molecule has 3 nitrogen and oxygen atoms in total. The first-order valence-corrected chi connectivity index (χ1v) is 7.99. The Morgan fingerprint density at radius 2 is 1.86 bits per heavy atom. The molecule has 0 saturated carbocycles. The Morgan fingerprint density at radius 1 is 1.14 bits per heavy atom. The summed E-state index contributed by atoms with van der Waals surface area (Å²) < 4.78 is 6.12. The molecule has 0 aliphatic carbocycles. The molecule has 1 aromatic heterocycles. The third kappa shape index (κ3) is 3.47. The van der Waals surface area contributed by atoms with Gasteiger partial charge in [-0.25, -0.2) is 0 Å². The second-order valence-corrected chi connectivity index (χ2v) is 7.09. The molecule has 1 N–H and O–H groups in total. The lowest BCUT2D eigenvalue weighted by molar-refractivity contribution is 0.325. The van der Waals surface area contributed by atoms with Crippen LogP contribution in [-0.2, 0) is 13.1 Å². The summed E-state index contributed by atoms with van der Waals surface area (Å²) in [5, 5.41) is 4.83. The standard InChI is InChI=1S/C18H26N2O/c1-18(2,3)19-12-17-15(13-20-10-6-7-11-20)14-8-4-5-9-16(14)21-17/h4-5,8-9,19H,6-7,10-13H2,1-3H3. The van der Waals surface area contributed by atoms with E-state index in [9.17, 15) is 0 Å². The number of likely N-dealkylation sites (tertiary alicyclic amines) is 1. The molecule has 1 aromatic carbocycles. The monoisotopic (exact) mass is 286 g/mol. The molecule has 114 valence electrons. The first-order chi connectivity index (χ1) is 10.0. The summed E-state index contributed by atoms with van der Waals surface area (Å²) in [5.41, 5.74) is 2.48. The number of rotatable bonds is 4. The lowest BCUT2D eigenvalue weighted by Gasteiger charge is -2.21. The third-order valence-corrected chi connectivity index (χ3v) is 4.14. The van der Waals surface area contributed by atoms with E-state index in [1.807, 2.05) is 6.07 Å². The van der Waals surface area contributed by atoms with Gasteiger partial charge in [0.1, 0.15) is 11.3 Å². The Hall–Kier alpha value is -1.32. The SMILES string of the molecule is CC(C)(C)NCc1oc2ccccc2c1CN1CCCC1. The van der Waals surface area contributed by atoms with Crippen molar-refractivity contribution in [1.29, 1.82) is 0 Å². The molecule has 0 amide bonds. The van der Waals surface area contributed by atoms with Gasteiger partial charge in [-0.15, -0.1) is 0 Å². The van der Waals surface area contributed by atoms with Gasteiger partial charge < -0.3 is 9.73 Å². The van der Waals surface area contributed by atoms with Crippen molar-refractivity contribution in [3.8, 4) is 0 Å². The Balaban J connectivity index is 1.89. The summed E-state index contributed by atoms with van der Waals surface area (Å²) in [7, 11) is 0. The average molecular weight is 286 g/mol. The van der Waals surface area contributed by atoms with Gasteiger partial charge in [0.2, 0.25) is 0 Å². The van der Waals surface area contributed by atoms with Gasteiger partial charge in [0, 0.05) is 23.0 Å². The van der Waals surface area contributed by atoms with Gasteiger partial charge in [0.25, 0.3) is 0 Å². The molecular weight excluding hydrogens is 260 g/mol. The second-order valence-electron chi connectivity index (χ2n) is 7.09. The van der Waals surface area contributed by atoms with Crippen LogP contribution in [0.15, 0.2) is 28.7 Å². The first kappa shape index (κ1) is 14.6. The van der Waals surface area contributed by atoms with Crippen molar-refractivity contribution in [1.82, 2.24) is 10.2 Å². The lowest BCUT2D eigenvalue weighted by Crippen LogP contribution is -2.35. The normalized spacial score (nSPS) is 16.9. The lowest BCUT2D eigenvalue weighted by atomic mass is 10.1. The van der Waals surface area contributed by atoms with E-state index >= 15 is 0 Å². The van der Waals surface area contributed by atoms with E-state index in [1.165, 1.54) is 36.9 Å². The molecule has 21 heavy (non-hydrogen) atoms. The highest BCUT2D eigenvalue weighted by atomic mass is 16.3. The molecule has 0 unspecified atom stereocenters. The number of hydrogen-bond acceptors (Lipinski definition) is 3. The Bertz CT molecular complexity index is 603. The smallest absolute Gasteiger partial charge is 0.134 e. The zero-order chi connectivity index (χ0) is 14.9. The molecule has 1 saturated heterocycles. The van der Waals surface area contributed by atoms with Crippen LogP contribution in [0.2, 0.25) is 0 Å². The number of furan rings is 1. The van der Waals surface area contributed by atoms with Crippen molar-refractivity contribution in [3.05, 3.63) is 35.6 Å². The van der Waals surface area contributed by atoms with Crippen LogP contribution in [0.1, 0.15) is 44.9 Å². The third-order valence-electron chi connectivity index (χ3n) is 4.14. The Kier molecular flexibility index (Phi) is 4.05. The largest absolute Gasteiger partial charge is 0.459 e. The highest BCUT2D eigenvalue weighted by molar-refractivity contribution is 5.82. The van der Waals surface area contributed by atoms with Gasteiger partial charge in [0.05, 0.1) is 6.54 Å². The molecule has 3 heteroatoms. The van der Waals surface area contributed by atoms with E-state index in [1.54, 1.807) is 0 Å². The minimum absolute atomic E-state index is 0.101. The van der Waals surface area contributed by atoms with Gasteiger partial charge in [-0.1, -0.05) is 18.2 Å². The zero-order valence-electron chi connectivity index (χ0n) is 13.4. The molecule has 1 aliphatic heterocycles. The van der Waals surface area contributed by atoms with Crippen molar-refractivity contribution in [2.45, 2.75) is 52.2 Å². The van der Waals surface area contributed by atoms with E-state index in [0.29, 0.717) is 0 Å². The van der Waals surface area contributed by atoms with Crippen LogP contribution < -0.4 is 5.32 Å². The maximum Gasteiger partial charge on any atom is 0.134 e. The molecule has 2 aromatic rings. The highest BCUT2D eigenvalue weighted by Gasteiger charge is 2.20. The maximum absolute atomic E-state index is 6.12. The average Bonchev–Trinajstić information content (AvgIpc) is 3.05. The van der Waals surface area contributed by atoms with E-state index in [4.69, 9.17) is 4.42 Å². The topological polar surface area (TPSA) is 28.4 Å². The molecule has 0 bridgehead atoms. The highest BCUT2D eigenvalue weighted by Crippen LogP contribution is 2.28. The first-order valence-electron chi connectivity index (χ1n) is 7.99. The summed E-state index contributed by atoms with van der Waals surface area (Å²) in [6, 6.07) is 8.41. The maximum atomic E-state index is 6.12. The molecule has 3 rings (SSSR count). The molecule has 0 radical (unpaired) electrons. The molecule has 2 heterocycles. The summed E-state index contributed by atoms with van der Waals surface area (Å²) >= 11 is 0. The number of benzene rings is 1. The molecule has 0 atom stereocenters. The van der Waals surface area contributed by atoms with E-state index in [2.05, 4.69) is 49.2 Å². The van der Waals surface area contributed by atoms with Crippen LogP contribution >= 0.6 is 0 Å². The summed E-state index contributed by atoms with van der Waals surface area (Å²) in [4.78, 5) is 2.54. The van der Waals surface area contributed by atoms with Crippen molar-refractivity contribution in [3.63, 3.8) is 0 Å². The predicted octanol–water partition coefficient (Wildman–Crippen LogP) is 3.92.